The number of nitrogens with zero attached hydrogens (tertiary/aromatic N) is 2. The molecule has 5 heteroatoms. The van der Waals surface area contributed by atoms with Crippen LogP contribution in [0, 0.1) is 0 Å². The van der Waals surface area contributed by atoms with Crippen LogP contribution in [0.4, 0.5) is 5.69 Å². The van der Waals surface area contributed by atoms with E-state index in [1.807, 2.05) is 24.3 Å². The smallest absolute Gasteiger partial charge is 0.224 e. The van der Waals surface area contributed by atoms with E-state index >= 15 is 0 Å². The molecule has 4 rings (SSSR count). The number of ether oxygens (including phenoxy) is 1. The number of rotatable bonds is 9. The van der Waals surface area contributed by atoms with Gasteiger partial charge in [0.1, 0.15) is 5.75 Å². The van der Waals surface area contributed by atoms with Gasteiger partial charge in [-0.15, -0.1) is 0 Å². The number of hydrogen-bond acceptors (Lipinski definition) is 4. The Labute approximate surface area is 180 Å². The lowest BCUT2D eigenvalue weighted by atomic mass is 10.0. The summed E-state index contributed by atoms with van der Waals surface area (Å²) >= 11 is 0. The van der Waals surface area contributed by atoms with Gasteiger partial charge in [-0.2, -0.15) is 0 Å². The van der Waals surface area contributed by atoms with Crippen molar-refractivity contribution < 1.29 is 9.53 Å². The third kappa shape index (κ3) is 5.21. The zero-order valence-corrected chi connectivity index (χ0v) is 18.0. The third-order valence-corrected chi connectivity index (χ3v) is 6.55. The lowest BCUT2D eigenvalue weighted by Crippen LogP contribution is -2.51. The summed E-state index contributed by atoms with van der Waals surface area (Å²) in [6.45, 7) is 5.58. The third-order valence-electron chi connectivity index (χ3n) is 6.55. The highest BCUT2D eigenvalue weighted by atomic mass is 16.5. The predicted molar refractivity (Wildman–Crippen MR) is 121 cm³/mol. The summed E-state index contributed by atoms with van der Waals surface area (Å²) in [5.41, 5.74) is 2.50. The Bertz CT molecular complexity index is 827. The highest BCUT2D eigenvalue weighted by molar-refractivity contribution is 5.92. The van der Waals surface area contributed by atoms with Gasteiger partial charge in [0.15, 0.2) is 0 Å². The van der Waals surface area contributed by atoms with Crippen molar-refractivity contribution in [2.24, 2.45) is 0 Å². The van der Waals surface area contributed by atoms with Crippen LogP contribution in [0.1, 0.15) is 37.7 Å². The standard InChI is InChI=1S/C25H33N3O2/c1-30-23-11-6-5-10-22(23)26-24(29)12-7-13-25(14-15-25)28-18-16-27(17-19-28)20-21-8-3-2-4-9-21/h2-6,8-11H,7,12-20H2,1H3,(H,26,29). The monoisotopic (exact) mass is 407 g/mol. The Kier molecular flexibility index (Phi) is 6.70. The van der Waals surface area contributed by atoms with Gasteiger partial charge in [0.25, 0.3) is 0 Å². The Morgan fingerprint density at radius 2 is 1.70 bits per heavy atom. The number of amides is 1. The van der Waals surface area contributed by atoms with E-state index in [1.54, 1.807) is 7.11 Å². The highest BCUT2D eigenvalue weighted by Gasteiger charge is 2.47. The van der Waals surface area contributed by atoms with Crippen LogP contribution in [0.5, 0.6) is 5.75 Å². The first-order valence-electron chi connectivity index (χ1n) is 11.1. The molecule has 0 aromatic heterocycles. The largest absolute Gasteiger partial charge is 0.495 e. The van der Waals surface area contributed by atoms with Crippen molar-refractivity contribution in [1.82, 2.24) is 9.80 Å². The predicted octanol–water partition coefficient (Wildman–Crippen LogP) is 4.15. The molecule has 30 heavy (non-hydrogen) atoms. The fourth-order valence-corrected chi connectivity index (χ4v) is 4.63. The lowest BCUT2D eigenvalue weighted by Gasteiger charge is -2.40. The Morgan fingerprint density at radius 1 is 1.00 bits per heavy atom. The van der Waals surface area contributed by atoms with Crippen LogP contribution < -0.4 is 10.1 Å². The maximum atomic E-state index is 12.4. The van der Waals surface area contributed by atoms with Gasteiger partial charge in [-0.1, -0.05) is 42.5 Å². The minimum Gasteiger partial charge on any atom is -0.495 e. The average molecular weight is 408 g/mol. The SMILES string of the molecule is COc1ccccc1NC(=O)CCCC1(N2CCN(Cc3ccccc3)CC2)CC1. The molecule has 5 nitrogen and oxygen atoms in total. The number of carbonyl (C=O) groups excluding carboxylic acids is 1. The summed E-state index contributed by atoms with van der Waals surface area (Å²) in [4.78, 5) is 17.6. The van der Waals surface area contributed by atoms with Gasteiger partial charge in [0.05, 0.1) is 12.8 Å². The van der Waals surface area contributed by atoms with Gasteiger partial charge in [0, 0.05) is 44.7 Å². The number of para-hydroxylation sites is 2. The van der Waals surface area contributed by atoms with E-state index in [-0.39, 0.29) is 5.91 Å². The molecule has 1 saturated carbocycles. The van der Waals surface area contributed by atoms with Crippen molar-refractivity contribution in [2.75, 3.05) is 38.6 Å². The molecular formula is C25H33N3O2. The van der Waals surface area contributed by atoms with E-state index in [9.17, 15) is 4.79 Å². The van der Waals surface area contributed by atoms with Gasteiger partial charge in [-0.05, 0) is 43.4 Å². The lowest BCUT2D eigenvalue weighted by molar-refractivity contribution is -0.116. The van der Waals surface area contributed by atoms with Gasteiger partial charge in [-0.3, -0.25) is 14.6 Å². The van der Waals surface area contributed by atoms with Crippen molar-refractivity contribution in [2.45, 2.75) is 44.2 Å². The molecular weight excluding hydrogens is 374 g/mol. The molecule has 0 unspecified atom stereocenters. The zero-order valence-electron chi connectivity index (χ0n) is 18.0. The second-order valence-electron chi connectivity index (χ2n) is 8.58. The van der Waals surface area contributed by atoms with Crippen molar-refractivity contribution in [3.63, 3.8) is 0 Å². The summed E-state index contributed by atoms with van der Waals surface area (Å²) < 4.78 is 5.32. The van der Waals surface area contributed by atoms with E-state index in [0.29, 0.717) is 17.7 Å². The molecule has 2 fully saturated rings. The molecule has 2 aromatic rings. The molecule has 1 amide bonds. The van der Waals surface area contributed by atoms with Crippen LogP contribution in [0.25, 0.3) is 0 Å². The summed E-state index contributed by atoms with van der Waals surface area (Å²) in [6.07, 6.45) is 5.17. The van der Waals surface area contributed by atoms with Gasteiger partial charge >= 0.3 is 0 Å². The molecule has 1 aliphatic carbocycles. The first kappa shape index (κ1) is 20.9. The van der Waals surface area contributed by atoms with E-state index < -0.39 is 0 Å². The maximum Gasteiger partial charge on any atom is 0.224 e. The number of nitrogens with one attached hydrogen (secondary N) is 1. The van der Waals surface area contributed by atoms with Crippen molar-refractivity contribution >= 4 is 11.6 Å². The van der Waals surface area contributed by atoms with Crippen molar-refractivity contribution in [3.05, 3.63) is 60.2 Å². The number of piperazine rings is 1. The number of carbonyl (C=O) groups is 1. The van der Waals surface area contributed by atoms with Crippen LogP contribution in [-0.2, 0) is 11.3 Å². The van der Waals surface area contributed by atoms with Crippen LogP contribution in [-0.4, -0.2) is 54.5 Å². The van der Waals surface area contributed by atoms with Crippen LogP contribution in [0.3, 0.4) is 0 Å². The summed E-state index contributed by atoms with van der Waals surface area (Å²) in [5.74, 6) is 0.779. The zero-order chi connectivity index (χ0) is 20.8. The van der Waals surface area contributed by atoms with Crippen LogP contribution >= 0.6 is 0 Å². The van der Waals surface area contributed by atoms with E-state index in [2.05, 4.69) is 45.4 Å². The van der Waals surface area contributed by atoms with Gasteiger partial charge < -0.3 is 10.1 Å². The van der Waals surface area contributed by atoms with E-state index in [0.717, 1.165) is 51.3 Å². The first-order chi connectivity index (χ1) is 14.7. The molecule has 0 atom stereocenters. The quantitative estimate of drug-likeness (QED) is 0.678. The van der Waals surface area contributed by atoms with Crippen molar-refractivity contribution in [3.8, 4) is 5.75 Å². The number of anilines is 1. The molecule has 0 bridgehead atoms. The van der Waals surface area contributed by atoms with Gasteiger partial charge in [0.2, 0.25) is 5.91 Å². The summed E-state index contributed by atoms with van der Waals surface area (Å²) in [6, 6.07) is 18.3. The molecule has 2 aromatic carbocycles. The summed E-state index contributed by atoms with van der Waals surface area (Å²) in [5, 5.41) is 2.99. The molecule has 160 valence electrons. The molecule has 1 heterocycles. The normalized spacial score (nSPS) is 18.7. The highest BCUT2D eigenvalue weighted by Crippen LogP contribution is 2.46. The van der Waals surface area contributed by atoms with Crippen molar-refractivity contribution in [1.29, 1.82) is 0 Å². The molecule has 0 spiro atoms. The van der Waals surface area contributed by atoms with Crippen LogP contribution in [0.15, 0.2) is 54.6 Å². The Hall–Kier alpha value is -2.37. The molecule has 2 aliphatic rings. The Morgan fingerprint density at radius 3 is 2.40 bits per heavy atom. The summed E-state index contributed by atoms with van der Waals surface area (Å²) in [7, 11) is 1.63. The van der Waals surface area contributed by atoms with Crippen LogP contribution in [0.2, 0.25) is 0 Å². The second-order valence-corrected chi connectivity index (χ2v) is 8.58. The number of methoxy groups -OCH3 is 1. The molecule has 1 N–H and O–H groups in total. The first-order valence-corrected chi connectivity index (χ1v) is 11.1. The van der Waals surface area contributed by atoms with E-state index in [4.69, 9.17) is 4.74 Å². The molecule has 1 aliphatic heterocycles. The fourth-order valence-electron chi connectivity index (χ4n) is 4.63. The average Bonchev–Trinajstić information content (AvgIpc) is 3.56. The maximum absolute atomic E-state index is 12.4. The number of benzene rings is 2. The topological polar surface area (TPSA) is 44.8 Å². The van der Waals surface area contributed by atoms with Gasteiger partial charge in [-0.25, -0.2) is 0 Å². The number of hydrogen-bond donors (Lipinski definition) is 1. The Balaban J connectivity index is 1.20. The van der Waals surface area contributed by atoms with E-state index in [1.165, 1.54) is 18.4 Å². The minimum atomic E-state index is 0.0722. The molecule has 1 saturated heterocycles. The minimum absolute atomic E-state index is 0.0722. The second kappa shape index (κ2) is 9.63. The fraction of sp³-hybridized carbons (Fsp3) is 0.480. The molecule has 0 radical (unpaired) electrons.